The number of hydrogen-bond donors (Lipinski definition) is 1. The number of benzene rings is 1. The van der Waals surface area contributed by atoms with Gasteiger partial charge in [-0.15, -0.1) is 36.9 Å². The van der Waals surface area contributed by atoms with E-state index >= 15 is 0 Å². The summed E-state index contributed by atoms with van der Waals surface area (Å²) in [6, 6.07) is 6.93. The summed E-state index contributed by atoms with van der Waals surface area (Å²) >= 11 is 7.40. The van der Waals surface area contributed by atoms with E-state index in [0.717, 1.165) is 43.2 Å². The van der Waals surface area contributed by atoms with Crippen LogP contribution in [0.2, 0.25) is 4.34 Å². The second kappa shape index (κ2) is 8.75. The minimum absolute atomic E-state index is 0. The zero-order valence-corrected chi connectivity index (χ0v) is 15.7. The predicted octanol–water partition coefficient (Wildman–Crippen LogP) is 4.86. The number of nitrogens with one attached hydrogen (secondary N) is 1. The van der Waals surface area contributed by atoms with Crippen LogP contribution in [0.4, 0.5) is 17.6 Å². The topological polar surface area (TPSA) is 24.5 Å². The molecular weight excluding hydrogens is 415 g/mol. The van der Waals surface area contributed by atoms with Crippen LogP contribution in [0, 0.1) is 5.82 Å². The molecule has 0 aliphatic carbocycles. The van der Waals surface area contributed by atoms with Gasteiger partial charge in [-0.05, 0) is 29.8 Å². The molecule has 0 saturated carbocycles. The van der Waals surface area contributed by atoms with E-state index in [4.69, 9.17) is 11.6 Å². The van der Waals surface area contributed by atoms with E-state index in [1.54, 1.807) is 6.07 Å². The van der Waals surface area contributed by atoms with Gasteiger partial charge in [0.2, 0.25) is 0 Å². The van der Waals surface area contributed by atoms with Gasteiger partial charge in [-0.2, -0.15) is 0 Å². The van der Waals surface area contributed by atoms with Gasteiger partial charge in [-0.3, -0.25) is 4.90 Å². The SMILES string of the molecule is Cl.Fc1cc([C@H](c2ccc(Cl)s2)N2CCNCC2)ccc1OC(F)(F)F. The highest BCUT2D eigenvalue weighted by Gasteiger charge is 2.33. The van der Waals surface area contributed by atoms with Crippen LogP contribution in [0.15, 0.2) is 30.3 Å². The first-order chi connectivity index (χ1) is 11.8. The Labute approximate surface area is 163 Å². The molecule has 0 bridgehead atoms. The highest BCUT2D eigenvalue weighted by atomic mass is 35.5. The van der Waals surface area contributed by atoms with Crippen molar-refractivity contribution in [1.82, 2.24) is 10.2 Å². The molecule has 1 aromatic heterocycles. The number of thiophene rings is 1. The number of rotatable bonds is 4. The largest absolute Gasteiger partial charge is 0.573 e. The number of alkyl halides is 3. The van der Waals surface area contributed by atoms with Crippen molar-refractivity contribution in [2.75, 3.05) is 26.2 Å². The van der Waals surface area contributed by atoms with Gasteiger partial charge in [0.1, 0.15) is 0 Å². The molecule has 1 aromatic carbocycles. The van der Waals surface area contributed by atoms with Gasteiger partial charge in [0.05, 0.1) is 10.4 Å². The number of halogens is 6. The molecule has 3 nitrogen and oxygen atoms in total. The van der Waals surface area contributed by atoms with Gasteiger partial charge in [0, 0.05) is 31.1 Å². The first-order valence-corrected chi connectivity index (χ1v) is 8.78. The van der Waals surface area contributed by atoms with E-state index < -0.39 is 17.9 Å². The molecule has 1 fully saturated rings. The Balaban J connectivity index is 0.00000243. The maximum absolute atomic E-state index is 14.2. The molecule has 0 spiro atoms. The fraction of sp³-hybridized carbons (Fsp3) is 0.375. The molecular formula is C16H16Cl2F4N2OS. The van der Waals surface area contributed by atoms with Crippen LogP contribution < -0.4 is 10.1 Å². The number of piperazine rings is 1. The van der Waals surface area contributed by atoms with Crippen molar-refractivity contribution >= 4 is 35.3 Å². The summed E-state index contributed by atoms with van der Waals surface area (Å²) in [6.45, 7) is 3.05. The molecule has 10 heteroatoms. The Morgan fingerprint density at radius 1 is 1.15 bits per heavy atom. The smallest absolute Gasteiger partial charge is 0.403 e. The van der Waals surface area contributed by atoms with Crippen LogP contribution in [0.5, 0.6) is 5.75 Å². The zero-order valence-electron chi connectivity index (χ0n) is 13.4. The molecule has 3 rings (SSSR count). The Bertz CT molecular complexity index is 735. The third-order valence-electron chi connectivity index (χ3n) is 3.88. The Morgan fingerprint density at radius 3 is 2.38 bits per heavy atom. The van der Waals surface area contributed by atoms with Crippen molar-refractivity contribution in [1.29, 1.82) is 0 Å². The molecule has 2 heterocycles. The third kappa shape index (κ3) is 5.23. The molecule has 26 heavy (non-hydrogen) atoms. The fourth-order valence-corrected chi connectivity index (χ4v) is 4.09. The van der Waals surface area contributed by atoms with E-state index in [-0.39, 0.29) is 18.4 Å². The maximum Gasteiger partial charge on any atom is 0.573 e. The van der Waals surface area contributed by atoms with Crippen molar-refractivity contribution in [3.63, 3.8) is 0 Å². The average Bonchev–Trinajstić information content (AvgIpc) is 2.96. The van der Waals surface area contributed by atoms with Gasteiger partial charge in [-0.1, -0.05) is 17.7 Å². The molecule has 1 atom stereocenters. The lowest BCUT2D eigenvalue weighted by molar-refractivity contribution is -0.275. The Kier molecular flexibility index (Phi) is 7.15. The van der Waals surface area contributed by atoms with Crippen molar-refractivity contribution < 1.29 is 22.3 Å². The highest BCUT2D eigenvalue weighted by molar-refractivity contribution is 7.16. The minimum Gasteiger partial charge on any atom is -0.403 e. The van der Waals surface area contributed by atoms with Crippen molar-refractivity contribution in [3.05, 3.63) is 50.9 Å². The van der Waals surface area contributed by atoms with Gasteiger partial charge in [0.25, 0.3) is 0 Å². The van der Waals surface area contributed by atoms with Crippen LogP contribution in [-0.2, 0) is 0 Å². The van der Waals surface area contributed by atoms with Gasteiger partial charge >= 0.3 is 6.36 Å². The lowest BCUT2D eigenvalue weighted by atomic mass is 10.0. The summed E-state index contributed by atoms with van der Waals surface area (Å²) in [6.07, 6.45) is -4.93. The molecule has 1 aliphatic heterocycles. The lowest BCUT2D eigenvalue weighted by Gasteiger charge is -2.34. The molecule has 144 valence electrons. The maximum atomic E-state index is 14.2. The van der Waals surface area contributed by atoms with Crippen LogP contribution >= 0.6 is 35.3 Å². The first kappa shape index (κ1) is 21.2. The normalized spacial score (nSPS) is 16.8. The second-order valence-electron chi connectivity index (χ2n) is 5.57. The highest BCUT2D eigenvalue weighted by Crippen LogP contribution is 2.37. The molecule has 1 saturated heterocycles. The lowest BCUT2D eigenvalue weighted by Crippen LogP contribution is -2.45. The molecule has 1 N–H and O–H groups in total. The Hall–Kier alpha value is -1.06. The van der Waals surface area contributed by atoms with Crippen molar-refractivity contribution in [2.45, 2.75) is 12.4 Å². The standard InChI is InChI=1S/C16H15ClF4N2OS.ClH/c17-14-4-3-13(25-14)15(23-7-5-22-6-8-23)10-1-2-12(11(18)9-10)24-16(19,20)21;/h1-4,9,15,22H,5-8H2;1H/t15-;/m1./s1. The van der Waals surface area contributed by atoms with Crippen LogP contribution in [0.3, 0.4) is 0 Å². The summed E-state index contributed by atoms with van der Waals surface area (Å²) in [4.78, 5) is 3.06. The van der Waals surface area contributed by atoms with Gasteiger partial charge in [-0.25, -0.2) is 4.39 Å². The molecule has 0 amide bonds. The van der Waals surface area contributed by atoms with E-state index in [2.05, 4.69) is 15.0 Å². The second-order valence-corrected chi connectivity index (χ2v) is 7.31. The van der Waals surface area contributed by atoms with Crippen molar-refractivity contribution in [2.24, 2.45) is 0 Å². The monoisotopic (exact) mass is 430 g/mol. The molecule has 2 aromatic rings. The van der Waals surface area contributed by atoms with Crippen LogP contribution in [0.25, 0.3) is 0 Å². The number of nitrogens with zero attached hydrogens (tertiary/aromatic N) is 1. The molecule has 0 unspecified atom stereocenters. The zero-order chi connectivity index (χ0) is 18.0. The van der Waals surface area contributed by atoms with Crippen molar-refractivity contribution in [3.8, 4) is 5.75 Å². The number of ether oxygens (including phenoxy) is 1. The van der Waals surface area contributed by atoms with E-state index in [1.807, 2.05) is 6.07 Å². The Morgan fingerprint density at radius 2 is 1.85 bits per heavy atom. The minimum atomic E-state index is -4.93. The molecule has 0 radical (unpaired) electrons. The molecule has 1 aliphatic rings. The van der Waals surface area contributed by atoms with E-state index in [0.29, 0.717) is 9.90 Å². The van der Waals surface area contributed by atoms with E-state index in [9.17, 15) is 17.6 Å². The third-order valence-corrected chi connectivity index (χ3v) is 5.16. The van der Waals surface area contributed by atoms with Gasteiger partial charge < -0.3 is 10.1 Å². The summed E-state index contributed by atoms with van der Waals surface area (Å²) in [5.41, 5.74) is 0.562. The average molecular weight is 431 g/mol. The number of hydrogen-bond acceptors (Lipinski definition) is 4. The summed E-state index contributed by atoms with van der Waals surface area (Å²) in [5.74, 6) is -1.88. The quantitative estimate of drug-likeness (QED) is 0.701. The van der Waals surface area contributed by atoms with E-state index in [1.165, 1.54) is 17.4 Å². The van der Waals surface area contributed by atoms with Gasteiger partial charge in [0.15, 0.2) is 11.6 Å². The summed E-state index contributed by atoms with van der Waals surface area (Å²) in [5, 5.41) is 3.24. The first-order valence-electron chi connectivity index (χ1n) is 7.59. The summed E-state index contributed by atoms with van der Waals surface area (Å²) < 4.78 is 55.4. The van der Waals surface area contributed by atoms with Crippen LogP contribution in [-0.4, -0.2) is 37.4 Å². The fourth-order valence-electron chi connectivity index (χ4n) is 2.87. The predicted molar refractivity (Wildman–Crippen MR) is 95.9 cm³/mol. The van der Waals surface area contributed by atoms with Crippen LogP contribution in [0.1, 0.15) is 16.5 Å². The summed E-state index contributed by atoms with van der Waals surface area (Å²) in [7, 11) is 0.